The van der Waals surface area contributed by atoms with Gasteiger partial charge in [0.05, 0.1) is 19.3 Å². The van der Waals surface area contributed by atoms with Crippen molar-refractivity contribution in [3.8, 4) is 0 Å². The minimum Gasteiger partial charge on any atom is -0.375 e. The van der Waals surface area contributed by atoms with Gasteiger partial charge in [-0.15, -0.1) is 12.4 Å². The molecule has 1 unspecified atom stereocenters. The maximum Gasteiger partial charge on any atom is 0.236 e. The van der Waals surface area contributed by atoms with Crippen molar-refractivity contribution in [1.29, 1.82) is 0 Å². The van der Waals surface area contributed by atoms with E-state index in [1.165, 1.54) is 0 Å². The van der Waals surface area contributed by atoms with Crippen LogP contribution < -0.4 is 11.1 Å². The summed E-state index contributed by atoms with van der Waals surface area (Å²) in [5.41, 5.74) is 6.55. The quantitative estimate of drug-likeness (QED) is 0.704. The van der Waals surface area contributed by atoms with Crippen molar-refractivity contribution in [2.75, 3.05) is 13.2 Å². The predicted molar refractivity (Wildman–Crippen MR) is 89.3 cm³/mol. The van der Waals surface area contributed by atoms with Crippen LogP contribution in [-0.4, -0.2) is 25.1 Å². The van der Waals surface area contributed by atoms with Crippen molar-refractivity contribution in [2.45, 2.75) is 32.4 Å². The third kappa shape index (κ3) is 7.88. The van der Waals surface area contributed by atoms with E-state index in [-0.39, 0.29) is 18.3 Å². The van der Waals surface area contributed by atoms with Gasteiger partial charge in [0, 0.05) is 16.6 Å². The van der Waals surface area contributed by atoms with Gasteiger partial charge in [-0.2, -0.15) is 0 Å². The fourth-order valence-electron chi connectivity index (χ4n) is 1.64. The van der Waals surface area contributed by atoms with Crippen LogP contribution in [0.15, 0.2) is 18.2 Å². The van der Waals surface area contributed by atoms with E-state index in [0.29, 0.717) is 36.2 Å². The number of nitrogens with one attached hydrogen (secondary N) is 1. The van der Waals surface area contributed by atoms with Crippen LogP contribution in [0.2, 0.25) is 10.0 Å². The number of nitrogens with two attached hydrogens (primary N) is 1. The summed E-state index contributed by atoms with van der Waals surface area (Å²) in [4.78, 5) is 11.5. The zero-order valence-electron chi connectivity index (χ0n) is 11.9. The Labute approximate surface area is 141 Å². The molecule has 1 atom stereocenters. The van der Waals surface area contributed by atoms with Crippen LogP contribution in [0.1, 0.15) is 25.3 Å². The average Bonchev–Trinajstić information content (AvgIpc) is 2.40. The fourth-order valence-corrected chi connectivity index (χ4v) is 2.10. The van der Waals surface area contributed by atoms with Crippen LogP contribution in [-0.2, 0) is 16.1 Å². The maximum atomic E-state index is 11.5. The number of carbonyl (C=O) groups excluding carboxylic acids is 1. The molecular weight excluding hydrogens is 335 g/mol. The largest absolute Gasteiger partial charge is 0.375 e. The molecule has 0 saturated heterocycles. The van der Waals surface area contributed by atoms with Gasteiger partial charge in [0.25, 0.3) is 0 Å². The van der Waals surface area contributed by atoms with E-state index in [9.17, 15) is 4.79 Å². The van der Waals surface area contributed by atoms with Crippen LogP contribution in [0.3, 0.4) is 0 Å². The lowest BCUT2D eigenvalue weighted by molar-refractivity contribution is -0.122. The highest BCUT2D eigenvalue weighted by Crippen LogP contribution is 2.21. The van der Waals surface area contributed by atoms with Crippen molar-refractivity contribution in [3.05, 3.63) is 33.8 Å². The lowest BCUT2D eigenvalue weighted by Crippen LogP contribution is -2.41. The van der Waals surface area contributed by atoms with Gasteiger partial charge in [-0.3, -0.25) is 4.79 Å². The third-order valence-electron chi connectivity index (χ3n) is 2.75. The summed E-state index contributed by atoms with van der Waals surface area (Å²) < 4.78 is 5.45. The van der Waals surface area contributed by atoms with Gasteiger partial charge < -0.3 is 15.8 Å². The van der Waals surface area contributed by atoms with Gasteiger partial charge in [0.15, 0.2) is 0 Å². The first-order chi connectivity index (χ1) is 9.54. The molecule has 0 saturated carbocycles. The number of ether oxygens (including phenoxy) is 1. The molecule has 3 N–H and O–H groups in total. The van der Waals surface area contributed by atoms with Crippen LogP contribution >= 0.6 is 35.6 Å². The first-order valence-electron chi connectivity index (χ1n) is 6.59. The molecule has 0 spiro atoms. The van der Waals surface area contributed by atoms with Gasteiger partial charge in [-0.05, 0) is 24.1 Å². The Morgan fingerprint density at radius 2 is 2.14 bits per heavy atom. The number of benzene rings is 1. The smallest absolute Gasteiger partial charge is 0.236 e. The number of halogens is 3. The molecule has 1 rings (SSSR count). The highest BCUT2D eigenvalue weighted by molar-refractivity contribution is 6.35. The summed E-state index contributed by atoms with van der Waals surface area (Å²) in [6, 6.07) is 4.82. The number of carbonyl (C=O) groups is 1. The average molecular weight is 356 g/mol. The lowest BCUT2D eigenvalue weighted by atomic mass is 10.2. The molecule has 1 amide bonds. The summed E-state index contributed by atoms with van der Waals surface area (Å²) in [6.07, 6.45) is 1.58. The molecule has 7 heteroatoms. The molecule has 0 fully saturated rings. The van der Waals surface area contributed by atoms with E-state index in [1.807, 2.05) is 13.0 Å². The highest BCUT2D eigenvalue weighted by Gasteiger charge is 2.10. The first-order valence-corrected chi connectivity index (χ1v) is 7.35. The molecule has 1 aromatic rings. The molecule has 0 bridgehead atoms. The standard InChI is InChI=1S/C14H20Cl2N2O2.ClH/c1-2-3-13(17)14(19)18-6-7-20-9-10-4-5-11(15)8-12(10)16;/h4-5,8,13H,2-3,6-7,9,17H2,1H3,(H,18,19);1H. The molecule has 0 aliphatic carbocycles. The van der Waals surface area contributed by atoms with Crippen LogP contribution in [0.4, 0.5) is 0 Å². The van der Waals surface area contributed by atoms with Crippen molar-refractivity contribution in [1.82, 2.24) is 5.32 Å². The summed E-state index contributed by atoms with van der Waals surface area (Å²) >= 11 is 11.8. The molecule has 21 heavy (non-hydrogen) atoms. The van der Waals surface area contributed by atoms with E-state index >= 15 is 0 Å². The van der Waals surface area contributed by atoms with Crippen LogP contribution in [0.5, 0.6) is 0 Å². The van der Waals surface area contributed by atoms with E-state index in [2.05, 4.69) is 5.32 Å². The fraction of sp³-hybridized carbons (Fsp3) is 0.500. The van der Waals surface area contributed by atoms with E-state index in [0.717, 1.165) is 12.0 Å². The Hall–Kier alpha value is -0.520. The minimum atomic E-state index is -0.439. The van der Waals surface area contributed by atoms with Gasteiger partial charge in [-0.25, -0.2) is 0 Å². The Morgan fingerprint density at radius 3 is 2.76 bits per heavy atom. The molecule has 1 aromatic carbocycles. The maximum absolute atomic E-state index is 11.5. The normalized spacial score (nSPS) is 11.6. The molecule has 4 nitrogen and oxygen atoms in total. The van der Waals surface area contributed by atoms with E-state index in [4.69, 9.17) is 33.7 Å². The Balaban J connectivity index is 0.00000400. The molecule has 0 aliphatic rings. The summed E-state index contributed by atoms with van der Waals surface area (Å²) in [5.74, 6) is -0.139. The second kappa shape index (κ2) is 11.1. The van der Waals surface area contributed by atoms with Crippen LogP contribution in [0.25, 0.3) is 0 Å². The number of hydrogen-bond donors (Lipinski definition) is 2. The Bertz CT molecular complexity index is 444. The Morgan fingerprint density at radius 1 is 1.43 bits per heavy atom. The molecule has 0 aromatic heterocycles. The Kier molecular flexibility index (Phi) is 10.8. The van der Waals surface area contributed by atoms with Gasteiger partial charge in [-0.1, -0.05) is 42.6 Å². The molecule has 0 radical (unpaired) electrons. The predicted octanol–water partition coefficient (Wildman–Crippen LogP) is 3.18. The zero-order valence-corrected chi connectivity index (χ0v) is 14.2. The number of hydrogen-bond acceptors (Lipinski definition) is 3. The van der Waals surface area contributed by atoms with Crippen LogP contribution in [0, 0.1) is 0 Å². The first kappa shape index (κ1) is 20.5. The minimum absolute atomic E-state index is 0. The summed E-state index contributed by atoms with van der Waals surface area (Å²) in [5, 5.41) is 3.90. The number of amides is 1. The molecular formula is C14H21Cl3N2O2. The molecule has 0 aliphatic heterocycles. The zero-order chi connectivity index (χ0) is 15.0. The van der Waals surface area contributed by atoms with Gasteiger partial charge in [0.1, 0.15) is 0 Å². The molecule has 120 valence electrons. The third-order valence-corrected chi connectivity index (χ3v) is 3.34. The van der Waals surface area contributed by atoms with Gasteiger partial charge >= 0.3 is 0 Å². The topological polar surface area (TPSA) is 64.4 Å². The van der Waals surface area contributed by atoms with Crippen molar-refractivity contribution >= 4 is 41.5 Å². The SMILES string of the molecule is CCCC(N)C(=O)NCCOCc1ccc(Cl)cc1Cl.Cl. The van der Waals surface area contributed by atoms with Crippen molar-refractivity contribution in [3.63, 3.8) is 0 Å². The molecule has 0 heterocycles. The lowest BCUT2D eigenvalue weighted by Gasteiger charge is -2.11. The highest BCUT2D eigenvalue weighted by atomic mass is 35.5. The van der Waals surface area contributed by atoms with Gasteiger partial charge in [0.2, 0.25) is 5.91 Å². The van der Waals surface area contributed by atoms with Crippen molar-refractivity contribution < 1.29 is 9.53 Å². The summed E-state index contributed by atoms with van der Waals surface area (Å²) in [6.45, 7) is 3.21. The second-order valence-corrected chi connectivity index (χ2v) is 5.32. The second-order valence-electron chi connectivity index (χ2n) is 4.47. The summed E-state index contributed by atoms with van der Waals surface area (Å²) in [7, 11) is 0. The number of rotatable bonds is 8. The van der Waals surface area contributed by atoms with E-state index < -0.39 is 6.04 Å². The van der Waals surface area contributed by atoms with E-state index in [1.54, 1.807) is 12.1 Å². The monoisotopic (exact) mass is 354 g/mol. The van der Waals surface area contributed by atoms with Crippen molar-refractivity contribution in [2.24, 2.45) is 5.73 Å².